The van der Waals surface area contributed by atoms with Crippen LogP contribution >= 0.6 is 15.9 Å². The summed E-state index contributed by atoms with van der Waals surface area (Å²) in [5, 5.41) is 2.09. The molecule has 0 bridgehead atoms. The molecule has 0 aliphatic heterocycles. The Labute approximate surface area is 120 Å². The topological polar surface area (TPSA) is 42.4 Å². The third-order valence-electron chi connectivity index (χ3n) is 2.91. The van der Waals surface area contributed by atoms with E-state index in [2.05, 4.69) is 37.8 Å². The van der Waals surface area contributed by atoms with Crippen molar-refractivity contribution in [1.82, 2.24) is 4.98 Å². The number of likely N-dealkylation sites (N-methyl/N-ethyl adjacent to an activating group) is 1. The van der Waals surface area contributed by atoms with Crippen molar-refractivity contribution < 1.29 is 9.53 Å². The average Bonchev–Trinajstić information content (AvgIpc) is 2.37. The number of fused-ring (bicyclic) bond motifs is 1. The highest BCUT2D eigenvalue weighted by molar-refractivity contribution is 9.10. The maximum Gasteiger partial charge on any atom is 0.325 e. The lowest BCUT2D eigenvalue weighted by Gasteiger charge is -2.19. The molecule has 0 aliphatic carbocycles. The van der Waals surface area contributed by atoms with Crippen LogP contribution in [0.3, 0.4) is 0 Å². The summed E-state index contributed by atoms with van der Waals surface area (Å²) in [6.07, 6.45) is 1.74. The molecule has 5 heteroatoms. The van der Waals surface area contributed by atoms with Crippen molar-refractivity contribution in [2.24, 2.45) is 0 Å². The maximum atomic E-state index is 11.4. The van der Waals surface area contributed by atoms with E-state index in [1.165, 1.54) is 7.11 Å². The highest BCUT2D eigenvalue weighted by atomic mass is 79.9. The highest BCUT2D eigenvalue weighted by Gasteiger charge is 2.13. The number of rotatable bonds is 3. The zero-order chi connectivity index (χ0) is 14.0. The summed E-state index contributed by atoms with van der Waals surface area (Å²) in [4.78, 5) is 17.5. The summed E-state index contributed by atoms with van der Waals surface area (Å²) in [5.41, 5.74) is 1.14. The molecule has 0 unspecified atom stereocenters. The van der Waals surface area contributed by atoms with Gasteiger partial charge >= 0.3 is 5.97 Å². The minimum atomic E-state index is -0.284. The van der Waals surface area contributed by atoms with Gasteiger partial charge in [0.1, 0.15) is 12.4 Å². The summed E-state index contributed by atoms with van der Waals surface area (Å²) in [5.74, 6) is 0.486. The molecular weight excluding hydrogens is 308 g/mol. The number of methoxy groups -OCH3 is 1. The van der Waals surface area contributed by atoms with Crippen LogP contribution < -0.4 is 4.90 Å². The van der Waals surface area contributed by atoms with Crippen LogP contribution in [0.25, 0.3) is 10.8 Å². The summed E-state index contributed by atoms with van der Waals surface area (Å²) in [7, 11) is 3.21. The van der Waals surface area contributed by atoms with Gasteiger partial charge in [0.05, 0.1) is 7.11 Å². The van der Waals surface area contributed by atoms with Crippen LogP contribution in [0.2, 0.25) is 0 Å². The molecule has 19 heavy (non-hydrogen) atoms. The van der Waals surface area contributed by atoms with E-state index in [9.17, 15) is 4.79 Å². The van der Waals surface area contributed by atoms with Crippen LogP contribution in [0.4, 0.5) is 5.82 Å². The zero-order valence-electron chi connectivity index (χ0n) is 11.1. The van der Waals surface area contributed by atoms with E-state index in [4.69, 9.17) is 0 Å². The standard InChI is InChI=1S/C14H15BrN2O2/c1-9-6-11-10(12(15)7-9)4-5-16-14(11)17(2)8-13(18)19-3/h4-7H,8H2,1-3H3. The Hall–Kier alpha value is -1.62. The molecule has 0 spiro atoms. The minimum Gasteiger partial charge on any atom is -0.468 e. The van der Waals surface area contributed by atoms with Crippen LogP contribution in [0.1, 0.15) is 5.56 Å². The number of nitrogens with zero attached hydrogens (tertiary/aromatic N) is 2. The van der Waals surface area contributed by atoms with E-state index >= 15 is 0 Å². The molecule has 2 aromatic rings. The van der Waals surface area contributed by atoms with Crippen molar-refractivity contribution in [1.29, 1.82) is 0 Å². The highest BCUT2D eigenvalue weighted by Crippen LogP contribution is 2.30. The van der Waals surface area contributed by atoms with Gasteiger partial charge in [-0.25, -0.2) is 4.98 Å². The lowest BCUT2D eigenvalue weighted by atomic mass is 10.1. The van der Waals surface area contributed by atoms with E-state index in [0.717, 1.165) is 26.6 Å². The Morgan fingerprint density at radius 2 is 2.16 bits per heavy atom. The predicted molar refractivity (Wildman–Crippen MR) is 79.5 cm³/mol. The van der Waals surface area contributed by atoms with Gasteiger partial charge in [0.2, 0.25) is 0 Å². The van der Waals surface area contributed by atoms with Crippen LogP contribution in [-0.2, 0) is 9.53 Å². The second-order valence-corrected chi connectivity index (χ2v) is 5.26. The molecule has 0 N–H and O–H groups in total. The molecule has 0 amide bonds. The number of hydrogen-bond donors (Lipinski definition) is 0. The Balaban J connectivity index is 2.51. The van der Waals surface area contributed by atoms with Crippen LogP contribution in [0.5, 0.6) is 0 Å². The number of esters is 1. The summed E-state index contributed by atoms with van der Waals surface area (Å²) >= 11 is 3.56. The van der Waals surface area contributed by atoms with Crippen LogP contribution in [0.15, 0.2) is 28.9 Å². The summed E-state index contributed by atoms with van der Waals surface area (Å²) in [6, 6.07) is 6.08. The van der Waals surface area contributed by atoms with E-state index in [0.29, 0.717) is 0 Å². The van der Waals surface area contributed by atoms with Crippen molar-refractivity contribution in [2.45, 2.75) is 6.92 Å². The Morgan fingerprint density at radius 1 is 1.42 bits per heavy atom. The van der Waals surface area contributed by atoms with E-state index in [1.807, 2.05) is 20.0 Å². The maximum absolute atomic E-state index is 11.4. The largest absolute Gasteiger partial charge is 0.468 e. The molecule has 2 rings (SSSR count). The molecule has 1 aromatic carbocycles. The van der Waals surface area contributed by atoms with Gasteiger partial charge in [-0.15, -0.1) is 0 Å². The minimum absolute atomic E-state index is 0.175. The number of carbonyl (C=O) groups excluding carboxylic acids is 1. The Morgan fingerprint density at radius 3 is 2.84 bits per heavy atom. The predicted octanol–water partition coefficient (Wildman–Crippen LogP) is 2.91. The molecule has 100 valence electrons. The number of hydrogen-bond acceptors (Lipinski definition) is 4. The van der Waals surface area contributed by atoms with Gasteiger partial charge in [0.25, 0.3) is 0 Å². The van der Waals surface area contributed by atoms with Crippen LogP contribution in [0, 0.1) is 6.92 Å². The third kappa shape index (κ3) is 2.87. The third-order valence-corrected chi connectivity index (χ3v) is 3.56. The quantitative estimate of drug-likeness (QED) is 0.815. The number of benzene rings is 1. The number of pyridine rings is 1. The first-order chi connectivity index (χ1) is 9.02. The molecule has 0 atom stereocenters. The van der Waals surface area contributed by atoms with Gasteiger partial charge in [0.15, 0.2) is 0 Å². The molecule has 1 heterocycles. The van der Waals surface area contributed by atoms with Gasteiger partial charge in [-0.1, -0.05) is 15.9 Å². The molecular formula is C14H15BrN2O2. The van der Waals surface area contributed by atoms with Crippen molar-refractivity contribution in [3.63, 3.8) is 0 Å². The fourth-order valence-corrected chi connectivity index (χ4v) is 2.70. The molecule has 0 fully saturated rings. The van der Waals surface area contributed by atoms with Crippen molar-refractivity contribution >= 4 is 38.5 Å². The van der Waals surface area contributed by atoms with Gasteiger partial charge < -0.3 is 9.64 Å². The molecule has 0 radical (unpaired) electrons. The average molecular weight is 323 g/mol. The second kappa shape index (κ2) is 5.57. The van der Waals surface area contributed by atoms with E-state index < -0.39 is 0 Å². The van der Waals surface area contributed by atoms with Crippen molar-refractivity contribution in [3.05, 3.63) is 34.4 Å². The zero-order valence-corrected chi connectivity index (χ0v) is 12.7. The first kappa shape index (κ1) is 13.8. The first-order valence-electron chi connectivity index (χ1n) is 5.85. The molecule has 0 saturated carbocycles. The number of halogens is 1. The fourth-order valence-electron chi connectivity index (χ4n) is 2.00. The fraction of sp³-hybridized carbons (Fsp3) is 0.286. The smallest absolute Gasteiger partial charge is 0.325 e. The SMILES string of the molecule is COC(=O)CN(C)c1nccc2c(Br)cc(C)cc12. The number of anilines is 1. The Bertz CT molecular complexity index is 628. The van der Waals surface area contributed by atoms with Crippen molar-refractivity contribution in [2.75, 3.05) is 25.6 Å². The first-order valence-corrected chi connectivity index (χ1v) is 6.65. The number of aromatic nitrogens is 1. The monoisotopic (exact) mass is 322 g/mol. The molecule has 0 aliphatic rings. The normalized spacial score (nSPS) is 10.5. The van der Waals surface area contributed by atoms with E-state index in [1.54, 1.807) is 11.1 Å². The van der Waals surface area contributed by atoms with Crippen molar-refractivity contribution in [3.8, 4) is 0 Å². The van der Waals surface area contributed by atoms with Gasteiger partial charge in [0, 0.05) is 28.5 Å². The number of ether oxygens (including phenoxy) is 1. The van der Waals surface area contributed by atoms with Gasteiger partial charge in [-0.2, -0.15) is 0 Å². The molecule has 1 aromatic heterocycles. The van der Waals surface area contributed by atoms with Gasteiger partial charge in [-0.3, -0.25) is 4.79 Å². The van der Waals surface area contributed by atoms with E-state index in [-0.39, 0.29) is 12.5 Å². The molecule has 0 saturated heterocycles. The number of carbonyl (C=O) groups is 1. The number of aryl methyl sites for hydroxylation is 1. The summed E-state index contributed by atoms with van der Waals surface area (Å²) in [6.45, 7) is 2.20. The lowest BCUT2D eigenvalue weighted by Crippen LogP contribution is -2.27. The lowest BCUT2D eigenvalue weighted by molar-refractivity contribution is -0.138. The molecule has 4 nitrogen and oxygen atoms in total. The summed E-state index contributed by atoms with van der Waals surface area (Å²) < 4.78 is 5.71. The Kier molecular flexibility index (Phi) is 4.04. The van der Waals surface area contributed by atoms with Crippen LogP contribution in [-0.4, -0.2) is 31.7 Å². The van der Waals surface area contributed by atoms with Gasteiger partial charge in [-0.05, 0) is 30.7 Å². The second-order valence-electron chi connectivity index (χ2n) is 4.41.